The molecule has 3 nitrogen and oxygen atoms in total. The zero-order valence-electron chi connectivity index (χ0n) is 7.01. The molecule has 0 spiro atoms. The number of ether oxygens (including phenoxy) is 1. The Kier molecular flexibility index (Phi) is 7.15. The van der Waals surface area contributed by atoms with Crippen molar-refractivity contribution in [1.82, 2.24) is 0 Å². The van der Waals surface area contributed by atoms with Crippen molar-refractivity contribution >= 4 is 5.97 Å². The molecule has 0 saturated heterocycles. The number of carbonyl (C=O) groups is 1. The number of aliphatic carboxylic acids is 1. The number of rotatable bonds is 7. The van der Waals surface area contributed by atoms with Crippen LogP contribution < -0.4 is 0 Å². The van der Waals surface area contributed by atoms with Crippen molar-refractivity contribution in [2.24, 2.45) is 0 Å². The first kappa shape index (κ1) is 10.4. The standard InChI is InChI=1S/C8H16O3/c1-2-3-4-6-11-7-5-8(9)10/h2-7H2,1H3,(H,9,10). The molecule has 0 aromatic carbocycles. The van der Waals surface area contributed by atoms with Crippen molar-refractivity contribution in [2.75, 3.05) is 13.2 Å². The van der Waals surface area contributed by atoms with Crippen molar-refractivity contribution in [2.45, 2.75) is 32.6 Å². The van der Waals surface area contributed by atoms with Crippen LogP contribution in [0.4, 0.5) is 0 Å². The summed E-state index contributed by atoms with van der Waals surface area (Å²) in [4.78, 5) is 10.0. The van der Waals surface area contributed by atoms with Gasteiger partial charge in [0.05, 0.1) is 13.0 Å². The molecule has 0 fully saturated rings. The summed E-state index contributed by atoms with van der Waals surface area (Å²) in [5.41, 5.74) is 0. The third-order valence-electron chi connectivity index (χ3n) is 1.35. The zero-order chi connectivity index (χ0) is 8.53. The van der Waals surface area contributed by atoms with E-state index in [2.05, 4.69) is 6.92 Å². The number of hydrogen-bond donors (Lipinski definition) is 1. The molecule has 3 heteroatoms. The number of carboxylic acid groups (broad SMARTS) is 1. The second-order valence-corrected chi connectivity index (χ2v) is 2.46. The van der Waals surface area contributed by atoms with Crippen LogP contribution >= 0.6 is 0 Å². The molecule has 0 radical (unpaired) electrons. The number of carboxylic acids is 1. The lowest BCUT2D eigenvalue weighted by molar-refractivity contribution is -0.138. The second kappa shape index (κ2) is 7.54. The highest BCUT2D eigenvalue weighted by atomic mass is 16.5. The van der Waals surface area contributed by atoms with Gasteiger partial charge < -0.3 is 9.84 Å². The van der Waals surface area contributed by atoms with E-state index in [4.69, 9.17) is 9.84 Å². The molecule has 0 unspecified atom stereocenters. The third kappa shape index (κ3) is 9.43. The van der Waals surface area contributed by atoms with Crippen molar-refractivity contribution < 1.29 is 14.6 Å². The van der Waals surface area contributed by atoms with E-state index < -0.39 is 5.97 Å². The lowest BCUT2D eigenvalue weighted by Gasteiger charge is -2.00. The van der Waals surface area contributed by atoms with Crippen LogP contribution in [-0.4, -0.2) is 24.3 Å². The second-order valence-electron chi connectivity index (χ2n) is 2.46. The van der Waals surface area contributed by atoms with Gasteiger partial charge in [0.1, 0.15) is 0 Å². The van der Waals surface area contributed by atoms with Gasteiger partial charge in [-0.25, -0.2) is 0 Å². The Morgan fingerprint density at radius 2 is 2.09 bits per heavy atom. The monoisotopic (exact) mass is 160 g/mol. The first-order valence-corrected chi connectivity index (χ1v) is 4.07. The molecule has 0 heterocycles. The van der Waals surface area contributed by atoms with E-state index in [1.165, 1.54) is 6.42 Å². The van der Waals surface area contributed by atoms with Gasteiger partial charge in [0, 0.05) is 6.61 Å². The highest BCUT2D eigenvalue weighted by molar-refractivity contribution is 5.66. The first-order chi connectivity index (χ1) is 5.27. The van der Waals surface area contributed by atoms with Crippen molar-refractivity contribution in [3.8, 4) is 0 Å². The Morgan fingerprint density at radius 3 is 2.64 bits per heavy atom. The van der Waals surface area contributed by atoms with Crippen LogP contribution in [0.2, 0.25) is 0 Å². The Bertz CT molecular complexity index is 102. The zero-order valence-corrected chi connectivity index (χ0v) is 7.01. The summed E-state index contributed by atoms with van der Waals surface area (Å²) in [6.45, 7) is 3.16. The van der Waals surface area contributed by atoms with E-state index in [0.29, 0.717) is 13.2 Å². The smallest absolute Gasteiger partial charge is 0.305 e. The van der Waals surface area contributed by atoms with E-state index in [1.807, 2.05) is 0 Å². The minimum atomic E-state index is -0.791. The van der Waals surface area contributed by atoms with Crippen molar-refractivity contribution in [1.29, 1.82) is 0 Å². The van der Waals surface area contributed by atoms with Gasteiger partial charge in [0.2, 0.25) is 0 Å². The van der Waals surface area contributed by atoms with Gasteiger partial charge in [0.15, 0.2) is 0 Å². The molecule has 0 bridgehead atoms. The van der Waals surface area contributed by atoms with Crippen LogP contribution in [0, 0.1) is 0 Å². The molecule has 66 valence electrons. The maximum atomic E-state index is 10.0. The van der Waals surface area contributed by atoms with Crippen molar-refractivity contribution in [3.05, 3.63) is 0 Å². The largest absolute Gasteiger partial charge is 0.481 e. The minimum Gasteiger partial charge on any atom is -0.481 e. The SMILES string of the molecule is CCCCCOCCC(=O)O. The lowest BCUT2D eigenvalue weighted by atomic mass is 10.3. The van der Waals surface area contributed by atoms with E-state index in [-0.39, 0.29) is 6.42 Å². The van der Waals surface area contributed by atoms with Gasteiger partial charge >= 0.3 is 5.97 Å². The van der Waals surface area contributed by atoms with Crippen LogP contribution in [0.15, 0.2) is 0 Å². The predicted octanol–water partition coefficient (Wildman–Crippen LogP) is 1.67. The molecule has 0 aromatic rings. The summed E-state index contributed by atoms with van der Waals surface area (Å²) in [6, 6.07) is 0. The molecular formula is C8H16O3. The van der Waals surface area contributed by atoms with Gasteiger partial charge in [-0.3, -0.25) is 4.79 Å². The van der Waals surface area contributed by atoms with E-state index in [9.17, 15) is 4.79 Å². The van der Waals surface area contributed by atoms with E-state index in [1.54, 1.807) is 0 Å². The minimum absolute atomic E-state index is 0.117. The summed E-state index contributed by atoms with van der Waals surface area (Å²) >= 11 is 0. The fourth-order valence-corrected chi connectivity index (χ4v) is 0.716. The lowest BCUT2D eigenvalue weighted by Crippen LogP contribution is -2.03. The molecular weight excluding hydrogens is 144 g/mol. The Labute approximate surface area is 67.4 Å². The summed E-state index contributed by atoms with van der Waals surface area (Å²) in [7, 11) is 0. The topological polar surface area (TPSA) is 46.5 Å². The normalized spacial score (nSPS) is 9.91. The average Bonchev–Trinajstić information content (AvgIpc) is 1.96. The Morgan fingerprint density at radius 1 is 1.36 bits per heavy atom. The van der Waals surface area contributed by atoms with Gasteiger partial charge in [-0.1, -0.05) is 19.8 Å². The van der Waals surface area contributed by atoms with Crippen molar-refractivity contribution in [3.63, 3.8) is 0 Å². The maximum Gasteiger partial charge on any atom is 0.305 e. The molecule has 1 N–H and O–H groups in total. The summed E-state index contributed by atoms with van der Waals surface area (Å²) < 4.78 is 5.07. The van der Waals surface area contributed by atoms with Gasteiger partial charge in [-0.2, -0.15) is 0 Å². The molecule has 0 aliphatic carbocycles. The Hall–Kier alpha value is -0.570. The molecule has 0 saturated carbocycles. The molecule has 0 aromatic heterocycles. The van der Waals surface area contributed by atoms with Gasteiger partial charge in [-0.15, -0.1) is 0 Å². The quantitative estimate of drug-likeness (QED) is 0.576. The van der Waals surface area contributed by atoms with Crippen LogP contribution in [0.1, 0.15) is 32.6 Å². The Balaban J connectivity index is 2.85. The fourth-order valence-electron chi connectivity index (χ4n) is 0.716. The van der Waals surface area contributed by atoms with Gasteiger partial charge in [-0.05, 0) is 6.42 Å². The summed E-state index contributed by atoms with van der Waals surface area (Å²) in [5.74, 6) is -0.791. The molecule has 0 aliphatic heterocycles. The van der Waals surface area contributed by atoms with E-state index >= 15 is 0 Å². The highest BCUT2D eigenvalue weighted by Gasteiger charge is 1.94. The van der Waals surface area contributed by atoms with Gasteiger partial charge in [0.25, 0.3) is 0 Å². The molecule has 0 amide bonds. The first-order valence-electron chi connectivity index (χ1n) is 4.07. The van der Waals surface area contributed by atoms with Crippen LogP contribution in [0.25, 0.3) is 0 Å². The van der Waals surface area contributed by atoms with Crippen LogP contribution in [0.3, 0.4) is 0 Å². The van der Waals surface area contributed by atoms with E-state index in [0.717, 1.165) is 12.8 Å². The van der Waals surface area contributed by atoms with Crippen LogP contribution in [-0.2, 0) is 9.53 Å². The number of hydrogen-bond acceptors (Lipinski definition) is 2. The molecule has 11 heavy (non-hydrogen) atoms. The fraction of sp³-hybridized carbons (Fsp3) is 0.875. The van der Waals surface area contributed by atoms with Crippen LogP contribution in [0.5, 0.6) is 0 Å². The third-order valence-corrected chi connectivity index (χ3v) is 1.35. The summed E-state index contributed by atoms with van der Waals surface area (Å²) in [6.07, 6.45) is 3.48. The maximum absolute atomic E-state index is 10.0. The molecule has 0 aliphatic rings. The molecule has 0 atom stereocenters. The number of unbranched alkanes of at least 4 members (excludes halogenated alkanes) is 2. The average molecular weight is 160 g/mol. The summed E-state index contributed by atoms with van der Waals surface area (Å²) in [5, 5.41) is 8.24. The highest BCUT2D eigenvalue weighted by Crippen LogP contribution is 1.94. The molecule has 0 rings (SSSR count). The predicted molar refractivity (Wildman–Crippen MR) is 42.6 cm³/mol.